The number of aromatic nitrogens is 1. The number of H-pyrrole nitrogens is 1. The summed E-state index contributed by atoms with van der Waals surface area (Å²) in [5.41, 5.74) is 2.00. The van der Waals surface area contributed by atoms with Gasteiger partial charge in [0, 0.05) is 22.0 Å². The summed E-state index contributed by atoms with van der Waals surface area (Å²) in [4.78, 5) is 14.8. The van der Waals surface area contributed by atoms with Crippen molar-refractivity contribution in [3.05, 3.63) is 24.4 Å². The van der Waals surface area contributed by atoms with Crippen molar-refractivity contribution in [1.29, 1.82) is 0 Å². The van der Waals surface area contributed by atoms with Crippen LogP contribution in [-0.4, -0.2) is 17.1 Å². The lowest BCUT2D eigenvalue weighted by molar-refractivity contribution is -0.105. The topological polar surface area (TPSA) is 44.9 Å². The minimum Gasteiger partial charge on any atom is -0.361 e. The Morgan fingerprint density at radius 3 is 3.12 bits per heavy atom. The summed E-state index contributed by atoms with van der Waals surface area (Å²) in [5.74, 6) is 1.06. The molecule has 2 N–H and O–H groups in total. The molecule has 0 saturated carbocycles. The average molecular weight is 234 g/mol. The molecule has 0 aliphatic carbocycles. The van der Waals surface area contributed by atoms with E-state index < -0.39 is 0 Å². The summed E-state index contributed by atoms with van der Waals surface area (Å²) in [7, 11) is 0. The number of amides is 1. The smallest absolute Gasteiger partial charge is 0.211 e. The van der Waals surface area contributed by atoms with E-state index in [1.807, 2.05) is 18.3 Å². The molecule has 0 radical (unpaired) electrons. The Morgan fingerprint density at radius 2 is 2.38 bits per heavy atom. The molecule has 1 heterocycles. The fourth-order valence-corrected chi connectivity index (χ4v) is 2.49. The number of carbonyl (C=O) groups excluding carboxylic acids is 1. The largest absolute Gasteiger partial charge is 0.361 e. The Hall–Kier alpha value is -1.42. The Labute approximate surface area is 98.6 Å². The maximum Gasteiger partial charge on any atom is 0.211 e. The van der Waals surface area contributed by atoms with Crippen LogP contribution in [0.3, 0.4) is 0 Å². The first-order chi connectivity index (χ1) is 7.85. The van der Waals surface area contributed by atoms with E-state index >= 15 is 0 Å². The number of hydrogen-bond acceptors (Lipinski definition) is 2. The molecule has 84 valence electrons. The van der Waals surface area contributed by atoms with Crippen LogP contribution >= 0.6 is 11.8 Å². The molecule has 2 aromatic rings. The maximum absolute atomic E-state index is 10.5. The summed E-state index contributed by atoms with van der Waals surface area (Å²) in [6, 6.07) is 6.08. The van der Waals surface area contributed by atoms with Crippen molar-refractivity contribution >= 4 is 34.8 Å². The molecule has 0 aliphatic heterocycles. The second kappa shape index (κ2) is 5.07. The van der Waals surface area contributed by atoms with E-state index in [4.69, 9.17) is 0 Å². The van der Waals surface area contributed by atoms with Crippen LogP contribution < -0.4 is 5.32 Å². The highest BCUT2D eigenvalue weighted by molar-refractivity contribution is 7.99. The monoisotopic (exact) mass is 234 g/mol. The van der Waals surface area contributed by atoms with Gasteiger partial charge in [-0.15, -0.1) is 11.8 Å². The zero-order valence-electron chi connectivity index (χ0n) is 9.12. The van der Waals surface area contributed by atoms with Gasteiger partial charge in [-0.05, 0) is 30.4 Å². The Bertz CT molecular complexity index is 493. The Morgan fingerprint density at radius 1 is 1.50 bits per heavy atom. The SMILES string of the molecule is CCCSc1cc2[nH]ccc2cc1NC=O. The van der Waals surface area contributed by atoms with Gasteiger partial charge in [0.2, 0.25) is 6.41 Å². The predicted octanol–water partition coefficient (Wildman–Crippen LogP) is 3.24. The molecule has 0 aliphatic rings. The molecule has 0 atom stereocenters. The molecule has 1 aromatic carbocycles. The first kappa shape index (κ1) is 11.1. The number of nitrogens with one attached hydrogen (secondary N) is 2. The van der Waals surface area contributed by atoms with Crippen molar-refractivity contribution in [3.8, 4) is 0 Å². The highest BCUT2D eigenvalue weighted by Crippen LogP contribution is 2.31. The first-order valence-corrected chi connectivity index (χ1v) is 6.28. The fourth-order valence-electron chi connectivity index (χ4n) is 1.59. The zero-order valence-corrected chi connectivity index (χ0v) is 9.93. The predicted molar refractivity (Wildman–Crippen MR) is 69.0 cm³/mol. The zero-order chi connectivity index (χ0) is 11.4. The molecular weight excluding hydrogens is 220 g/mol. The van der Waals surface area contributed by atoms with Crippen LogP contribution in [0.15, 0.2) is 29.3 Å². The summed E-state index contributed by atoms with van der Waals surface area (Å²) >= 11 is 1.76. The maximum atomic E-state index is 10.5. The summed E-state index contributed by atoms with van der Waals surface area (Å²) < 4.78 is 0. The van der Waals surface area contributed by atoms with Crippen molar-refractivity contribution in [2.75, 3.05) is 11.1 Å². The van der Waals surface area contributed by atoms with Crippen molar-refractivity contribution in [2.45, 2.75) is 18.2 Å². The number of hydrogen-bond donors (Lipinski definition) is 2. The molecule has 0 saturated heterocycles. The van der Waals surface area contributed by atoms with Crippen molar-refractivity contribution < 1.29 is 4.79 Å². The van der Waals surface area contributed by atoms with Gasteiger partial charge in [-0.3, -0.25) is 4.79 Å². The highest BCUT2D eigenvalue weighted by Gasteiger charge is 2.05. The molecular formula is C12H14N2OS. The molecule has 3 nitrogen and oxygen atoms in total. The minimum atomic E-state index is 0.726. The lowest BCUT2D eigenvalue weighted by atomic mass is 10.2. The lowest BCUT2D eigenvalue weighted by Crippen LogP contribution is -1.96. The number of carbonyl (C=O) groups is 1. The standard InChI is InChI=1S/C12H14N2OS/c1-2-5-16-12-7-10-9(3-4-13-10)6-11(12)14-8-15/h3-4,6-8,13H,2,5H2,1H3,(H,14,15). The van der Waals surface area contributed by atoms with Crippen LogP contribution in [-0.2, 0) is 4.79 Å². The second-order valence-electron chi connectivity index (χ2n) is 3.52. The van der Waals surface area contributed by atoms with E-state index in [-0.39, 0.29) is 0 Å². The van der Waals surface area contributed by atoms with E-state index in [0.717, 1.165) is 40.1 Å². The minimum absolute atomic E-state index is 0.726. The third-order valence-electron chi connectivity index (χ3n) is 2.33. The third-order valence-corrected chi connectivity index (χ3v) is 3.59. The third kappa shape index (κ3) is 2.22. The van der Waals surface area contributed by atoms with Crippen LogP contribution in [0.2, 0.25) is 0 Å². The van der Waals surface area contributed by atoms with Crippen molar-refractivity contribution in [2.24, 2.45) is 0 Å². The van der Waals surface area contributed by atoms with Crippen molar-refractivity contribution in [1.82, 2.24) is 4.98 Å². The average Bonchev–Trinajstić information content (AvgIpc) is 2.73. The summed E-state index contributed by atoms with van der Waals surface area (Å²) in [6.07, 6.45) is 3.75. The number of rotatable bonds is 5. The van der Waals surface area contributed by atoms with Gasteiger partial charge < -0.3 is 10.3 Å². The second-order valence-corrected chi connectivity index (χ2v) is 4.66. The fraction of sp³-hybridized carbons (Fsp3) is 0.250. The summed E-state index contributed by atoms with van der Waals surface area (Å²) in [5, 5.41) is 3.87. The van der Waals surface area contributed by atoms with Crippen molar-refractivity contribution in [3.63, 3.8) is 0 Å². The van der Waals surface area contributed by atoms with Gasteiger partial charge in [-0.1, -0.05) is 6.92 Å². The normalized spacial score (nSPS) is 10.6. The van der Waals surface area contributed by atoms with Gasteiger partial charge in [0.25, 0.3) is 0 Å². The van der Waals surface area contributed by atoms with Gasteiger partial charge in [-0.2, -0.15) is 0 Å². The Kier molecular flexibility index (Phi) is 3.51. The Balaban J connectivity index is 2.40. The van der Waals surface area contributed by atoms with E-state index in [1.165, 1.54) is 0 Å². The van der Waals surface area contributed by atoms with Crippen LogP contribution in [0.25, 0.3) is 10.9 Å². The first-order valence-electron chi connectivity index (χ1n) is 5.29. The van der Waals surface area contributed by atoms with Gasteiger partial charge in [0.05, 0.1) is 5.69 Å². The van der Waals surface area contributed by atoms with Gasteiger partial charge in [-0.25, -0.2) is 0 Å². The molecule has 0 unspecified atom stereocenters. The molecule has 1 aromatic heterocycles. The molecule has 0 fully saturated rings. The number of benzene rings is 1. The molecule has 0 bridgehead atoms. The number of anilines is 1. The molecule has 16 heavy (non-hydrogen) atoms. The number of aromatic amines is 1. The quantitative estimate of drug-likeness (QED) is 0.616. The molecule has 0 spiro atoms. The summed E-state index contributed by atoms with van der Waals surface area (Å²) in [6.45, 7) is 2.15. The van der Waals surface area contributed by atoms with Crippen LogP contribution in [0.5, 0.6) is 0 Å². The van der Waals surface area contributed by atoms with E-state index in [9.17, 15) is 4.79 Å². The van der Waals surface area contributed by atoms with Gasteiger partial charge >= 0.3 is 0 Å². The van der Waals surface area contributed by atoms with E-state index in [2.05, 4.69) is 23.3 Å². The van der Waals surface area contributed by atoms with Gasteiger partial charge in [0.1, 0.15) is 0 Å². The van der Waals surface area contributed by atoms with Crippen LogP contribution in [0, 0.1) is 0 Å². The molecule has 4 heteroatoms. The highest BCUT2D eigenvalue weighted by atomic mass is 32.2. The van der Waals surface area contributed by atoms with Gasteiger partial charge in [0.15, 0.2) is 0 Å². The van der Waals surface area contributed by atoms with Crippen LogP contribution in [0.4, 0.5) is 5.69 Å². The number of thioether (sulfide) groups is 1. The van der Waals surface area contributed by atoms with Crippen LogP contribution in [0.1, 0.15) is 13.3 Å². The molecule has 2 rings (SSSR count). The van der Waals surface area contributed by atoms with E-state index in [0.29, 0.717) is 0 Å². The number of fused-ring (bicyclic) bond motifs is 1. The molecule has 1 amide bonds. The lowest BCUT2D eigenvalue weighted by Gasteiger charge is -2.07. The van der Waals surface area contributed by atoms with E-state index in [1.54, 1.807) is 11.8 Å².